The summed E-state index contributed by atoms with van der Waals surface area (Å²) in [5, 5.41) is 0. The van der Waals surface area contributed by atoms with Crippen LogP contribution in [-0.2, 0) is 9.53 Å². The first-order valence-electron chi connectivity index (χ1n) is 5.68. The molecule has 1 fully saturated rings. The molecule has 0 heterocycles. The van der Waals surface area contributed by atoms with Crippen molar-refractivity contribution in [3.05, 3.63) is 0 Å². The zero-order valence-electron chi connectivity index (χ0n) is 9.75. The Morgan fingerprint density at radius 1 is 1.36 bits per heavy atom. The highest BCUT2D eigenvalue weighted by Crippen LogP contribution is 2.34. The lowest BCUT2D eigenvalue weighted by Crippen LogP contribution is -2.33. The molecule has 1 rings (SSSR count). The average molecular weight is 198 g/mol. The number of rotatable bonds is 2. The van der Waals surface area contributed by atoms with Crippen LogP contribution in [0.2, 0.25) is 0 Å². The lowest BCUT2D eigenvalue weighted by Gasteiger charge is -2.35. The fourth-order valence-corrected chi connectivity index (χ4v) is 2.29. The minimum absolute atomic E-state index is 0.133. The van der Waals surface area contributed by atoms with Crippen molar-refractivity contribution >= 4 is 5.97 Å². The first-order valence-corrected chi connectivity index (χ1v) is 5.68. The van der Waals surface area contributed by atoms with Crippen LogP contribution in [0.25, 0.3) is 0 Å². The van der Waals surface area contributed by atoms with E-state index in [1.165, 1.54) is 19.8 Å². The second kappa shape index (κ2) is 4.81. The quantitative estimate of drug-likeness (QED) is 0.637. The molecule has 0 N–H and O–H groups in total. The smallest absolute Gasteiger partial charge is 0.302 e. The highest BCUT2D eigenvalue weighted by Gasteiger charge is 2.30. The van der Waals surface area contributed by atoms with Gasteiger partial charge >= 0.3 is 5.97 Å². The summed E-state index contributed by atoms with van der Waals surface area (Å²) in [5.74, 6) is 1.84. The van der Waals surface area contributed by atoms with Crippen LogP contribution in [0.15, 0.2) is 0 Å². The molecule has 0 amide bonds. The van der Waals surface area contributed by atoms with Crippen LogP contribution in [0.3, 0.4) is 0 Å². The molecule has 2 heteroatoms. The summed E-state index contributed by atoms with van der Waals surface area (Å²) in [4.78, 5) is 10.9. The first-order chi connectivity index (χ1) is 6.50. The Hall–Kier alpha value is -0.530. The SMILES string of the molecule is CC(=O)O[C@H]1C[C@H](C(C)C)CC[C@@H]1C. The van der Waals surface area contributed by atoms with E-state index < -0.39 is 0 Å². The monoisotopic (exact) mass is 198 g/mol. The molecule has 14 heavy (non-hydrogen) atoms. The van der Waals surface area contributed by atoms with Crippen molar-refractivity contribution in [2.24, 2.45) is 17.8 Å². The van der Waals surface area contributed by atoms with E-state index in [1.807, 2.05) is 0 Å². The predicted molar refractivity (Wildman–Crippen MR) is 56.9 cm³/mol. The van der Waals surface area contributed by atoms with E-state index in [1.54, 1.807) is 0 Å². The summed E-state index contributed by atoms with van der Waals surface area (Å²) in [6.45, 7) is 8.20. The minimum Gasteiger partial charge on any atom is -0.462 e. The third kappa shape index (κ3) is 3.00. The Balaban J connectivity index is 2.50. The number of carbonyl (C=O) groups is 1. The molecule has 0 aromatic carbocycles. The second-order valence-corrected chi connectivity index (χ2v) is 4.94. The van der Waals surface area contributed by atoms with Gasteiger partial charge < -0.3 is 4.74 Å². The molecule has 82 valence electrons. The molecule has 0 bridgehead atoms. The third-order valence-electron chi connectivity index (χ3n) is 3.42. The van der Waals surface area contributed by atoms with E-state index in [-0.39, 0.29) is 12.1 Å². The number of carbonyl (C=O) groups excluding carboxylic acids is 1. The second-order valence-electron chi connectivity index (χ2n) is 4.94. The Bertz CT molecular complexity index is 198. The average Bonchev–Trinajstić information content (AvgIpc) is 2.07. The highest BCUT2D eigenvalue weighted by molar-refractivity contribution is 5.66. The summed E-state index contributed by atoms with van der Waals surface area (Å²) >= 11 is 0. The van der Waals surface area contributed by atoms with E-state index in [4.69, 9.17) is 4.74 Å². The van der Waals surface area contributed by atoms with Crippen LogP contribution in [-0.4, -0.2) is 12.1 Å². The Labute approximate surface area is 87.0 Å². The Morgan fingerprint density at radius 3 is 2.50 bits per heavy atom. The molecule has 1 saturated carbocycles. The van der Waals surface area contributed by atoms with E-state index >= 15 is 0 Å². The maximum Gasteiger partial charge on any atom is 0.302 e. The number of esters is 1. The molecule has 3 atom stereocenters. The van der Waals surface area contributed by atoms with Crippen molar-refractivity contribution in [2.75, 3.05) is 0 Å². The van der Waals surface area contributed by atoms with Crippen LogP contribution in [0, 0.1) is 17.8 Å². The Morgan fingerprint density at radius 2 is 2.00 bits per heavy atom. The normalized spacial score (nSPS) is 33.1. The minimum atomic E-state index is -0.133. The zero-order valence-corrected chi connectivity index (χ0v) is 9.75. The van der Waals surface area contributed by atoms with Gasteiger partial charge in [-0.25, -0.2) is 0 Å². The molecule has 1 aliphatic rings. The summed E-state index contributed by atoms with van der Waals surface area (Å²) < 4.78 is 5.34. The maximum absolute atomic E-state index is 10.9. The first kappa shape index (κ1) is 11.5. The van der Waals surface area contributed by atoms with E-state index in [0.717, 1.165) is 12.3 Å². The van der Waals surface area contributed by atoms with E-state index in [2.05, 4.69) is 20.8 Å². The summed E-state index contributed by atoms with van der Waals surface area (Å²) in [6, 6.07) is 0. The van der Waals surface area contributed by atoms with Gasteiger partial charge in [0.15, 0.2) is 0 Å². The van der Waals surface area contributed by atoms with Gasteiger partial charge in [0.05, 0.1) is 0 Å². The molecule has 0 spiro atoms. The van der Waals surface area contributed by atoms with E-state index in [0.29, 0.717) is 11.8 Å². The fourth-order valence-electron chi connectivity index (χ4n) is 2.29. The number of hydrogen-bond acceptors (Lipinski definition) is 2. The lowest BCUT2D eigenvalue weighted by atomic mass is 9.76. The summed E-state index contributed by atoms with van der Waals surface area (Å²) in [6.07, 6.45) is 3.70. The van der Waals surface area contributed by atoms with Crippen LogP contribution in [0.4, 0.5) is 0 Å². The van der Waals surface area contributed by atoms with Gasteiger partial charge in [-0.2, -0.15) is 0 Å². The van der Waals surface area contributed by atoms with Gasteiger partial charge in [0, 0.05) is 6.92 Å². The zero-order chi connectivity index (χ0) is 10.7. The van der Waals surface area contributed by atoms with Crippen molar-refractivity contribution in [2.45, 2.75) is 53.1 Å². The molecule has 0 saturated heterocycles. The van der Waals surface area contributed by atoms with Gasteiger partial charge in [-0.3, -0.25) is 4.79 Å². The molecule has 0 aliphatic heterocycles. The lowest BCUT2D eigenvalue weighted by molar-refractivity contribution is -0.151. The number of ether oxygens (including phenoxy) is 1. The highest BCUT2D eigenvalue weighted by atomic mass is 16.5. The van der Waals surface area contributed by atoms with Gasteiger partial charge in [-0.15, -0.1) is 0 Å². The van der Waals surface area contributed by atoms with Gasteiger partial charge in [-0.1, -0.05) is 20.8 Å². The molecule has 1 aliphatic carbocycles. The predicted octanol–water partition coefficient (Wildman–Crippen LogP) is 3.01. The number of hydrogen-bond donors (Lipinski definition) is 0. The van der Waals surface area contributed by atoms with Crippen molar-refractivity contribution in [1.29, 1.82) is 0 Å². The van der Waals surface area contributed by atoms with Gasteiger partial charge in [0.2, 0.25) is 0 Å². The van der Waals surface area contributed by atoms with Crippen molar-refractivity contribution in [3.8, 4) is 0 Å². The van der Waals surface area contributed by atoms with Crippen molar-refractivity contribution < 1.29 is 9.53 Å². The maximum atomic E-state index is 10.9. The van der Waals surface area contributed by atoms with Crippen LogP contribution in [0.1, 0.15) is 47.0 Å². The Kier molecular flexibility index (Phi) is 3.97. The van der Waals surface area contributed by atoms with Crippen LogP contribution >= 0.6 is 0 Å². The molecule has 0 aromatic rings. The summed E-state index contributed by atoms with van der Waals surface area (Å²) in [7, 11) is 0. The van der Waals surface area contributed by atoms with Gasteiger partial charge in [0.1, 0.15) is 6.10 Å². The molecular formula is C12H22O2. The topological polar surface area (TPSA) is 26.3 Å². The molecule has 0 unspecified atom stereocenters. The molecule has 2 nitrogen and oxygen atoms in total. The molecule has 0 radical (unpaired) electrons. The van der Waals surface area contributed by atoms with Crippen molar-refractivity contribution in [1.82, 2.24) is 0 Å². The largest absolute Gasteiger partial charge is 0.462 e. The van der Waals surface area contributed by atoms with Gasteiger partial charge in [-0.05, 0) is 37.0 Å². The van der Waals surface area contributed by atoms with Crippen LogP contribution < -0.4 is 0 Å². The van der Waals surface area contributed by atoms with E-state index in [9.17, 15) is 4.79 Å². The van der Waals surface area contributed by atoms with Crippen molar-refractivity contribution in [3.63, 3.8) is 0 Å². The standard InChI is InChI=1S/C12H22O2/c1-8(2)11-6-5-9(3)12(7-11)14-10(4)13/h8-9,11-12H,5-7H2,1-4H3/t9-,11+,12-/m0/s1. The fraction of sp³-hybridized carbons (Fsp3) is 0.917. The third-order valence-corrected chi connectivity index (χ3v) is 3.42. The molecular weight excluding hydrogens is 176 g/mol. The van der Waals surface area contributed by atoms with Gasteiger partial charge in [0.25, 0.3) is 0 Å². The molecule has 0 aromatic heterocycles. The van der Waals surface area contributed by atoms with Crippen LogP contribution in [0.5, 0.6) is 0 Å². The summed E-state index contributed by atoms with van der Waals surface area (Å²) in [5.41, 5.74) is 0.